The molecular formula is C13H13N3O3. The fourth-order valence-corrected chi connectivity index (χ4v) is 1.68. The van der Waals surface area contributed by atoms with Crippen molar-refractivity contribution in [1.82, 2.24) is 9.78 Å². The van der Waals surface area contributed by atoms with Crippen LogP contribution in [-0.2, 0) is 11.3 Å². The highest BCUT2D eigenvalue weighted by molar-refractivity contribution is 6.05. The van der Waals surface area contributed by atoms with Crippen molar-refractivity contribution in [1.29, 1.82) is 0 Å². The number of aryl methyl sites for hydroxylation is 1. The molecule has 0 atom stereocenters. The van der Waals surface area contributed by atoms with E-state index < -0.39 is 5.97 Å². The maximum absolute atomic E-state index is 12.0. The van der Waals surface area contributed by atoms with Crippen LogP contribution in [0.15, 0.2) is 36.7 Å². The summed E-state index contributed by atoms with van der Waals surface area (Å²) in [6, 6.07) is 7.22. The van der Waals surface area contributed by atoms with Gasteiger partial charge in [0.2, 0.25) is 0 Å². The van der Waals surface area contributed by atoms with Crippen molar-refractivity contribution in [2.45, 2.75) is 13.5 Å². The minimum Gasteiger partial charge on any atom is -0.480 e. The number of carboxylic acid groups (broad SMARTS) is 1. The first-order valence-electron chi connectivity index (χ1n) is 5.67. The maximum atomic E-state index is 12.0. The standard InChI is InChI=1S/C13H13N3O3/c1-9-4-2-3-5-11(9)13(19)15-10-6-14-16(7-10)8-12(17)18/h2-7H,8H2,1H3,(H,15,19)(H,17,18). The summed E-state index contributed by atoms with van der Waals surface area (Å²) in [4.78, 5) is 22.5. The van der Waals surface area contributed by atoms with Crippen LogP contribution < -0.4 is 5.32 Å². The molecule has 1 heterocycles. The predicted octanol–water partition coefficient (Wildman–Crippen LogP) is 1.53. The zero-order valence-electron chi connectivity index (χ0n) is 10.3. The van der Waals surface area contributed by atoms with Gasteiger partial charge in [0, 0.05) is 11.8 Å². The Morgan fingerprint density at radius 2 is 2.11 bits per heavy atom. The number of carbonyl (C=O) groups excluding carboxylic acids is 1. The van der Waals surface area contributed by atoms with Crippen molar-refractivity contribution in [3.63, 3.8) is 0 Å². The van der Waals surface area contributed by atoms with E-state index in [1.54, 1.807) is 12.1 Å². The van der Waals surface area contributed by atoms with E-state index in [4.69, 9.17) is 5.11 Å². The molecule has 2 aromatic rings. The third-order valence-corrected chi connectivity index (χ3v) is 2.58. The van der Waals surface area contributed by atoms with Crippen LogP contribution in [-0.4, -0.2) is 26.8 Å². The summed E-state index contributed by atoms with van der Waals surface area (Å²) < 4.78 is 1.25. The summed E-state index contributed by atoms with van der Waals surface area (Å²) in [5, 5.41) is 15.1. The lowest BCUT2D eigenvalue weighted by Gasteiger charge is -2.05. The van der Waals surface area contributed by atoms with Crippen molar-refractivity contribution < 1.29 is 14.7 Å². The van der Waals surface area contributed by atoms with Crippen LogP contribution >= 0.6 is 0 Å². The van der Waals surface area contributed by atoms with Crippen molar-refractivity contribution in [3.05, 3.63) is 47.8 Å². The van der Waals surface area contributed by atoms with Gasteiger partial charge < -0.3 is 10.4 Å². The average Bonchev–Trinajstić information content (AvgIpc) is 2.76. The zero-order valence-corrected chi connectivity index (χ0v) is 10.3. The Bertz CT molecular complexity index is 619. The summed E-state index contributed by atoms with van der Waals surface area (Å²) in [6.07, 6.45) is 2.89. The molecule has 0 aliphatic rings. The highest BCUT2D eigenvalue weighted by atomic mass is 16.4. The van der Waals surface area contributed by atoms with Crippen LogP contribution in [0.5, 0.6) is 0 Å². The summed E-state index contributed by atoms with van der Waals surface area (Å²) in [5.74, 6) is -1.23. The van der Waals surface area contributed by atoms with Gasteiger partial charge in [-0.2, -0.15) is 5.10 Å². The Morgan fingerprint density at radius 1 is 1.37 bits per heavy atom. The van der Waals surface area contributed by atoms with Gasteiger partial charge in [-0.3, -0.25) is 14.3 Å². The van der Waals surface area contributed by atoms with E-state index in [1.165, 1.54) is 17.1 Å². The van der Waals surface area contributed by atoms with E-state index in [0.717, 1.165) is 5.56 Å². The molecular weight excluding hydrogens is 246 g/mol. The number of hydrogen-bond donors (Lipinski definition) is 2. The number of aliphatic carboxylic acids is 1. The Balaban J connectivity index is 2.09. The number of aromatic nitrogens is 2. The number of nitrogens with one attached hydrogen (secondary N) is 1. The number of amides is 1. The molecule has 0 aliphatic heterocycles. The van der Waals surface area contributed by atoms with Gasteiger partial charge in [-0.15, -0.1) is 0 Å². The van der Waals surface area contributed by atoms with Gasteiger partial charge >= 0.3 is 5.97 Å². The van der Waals surface area contributed by atoms with Crippen LogP contribution in [0.4, 0.5) is 5.69 Å². The van der Waals surface area contributed by atoms with Crippen molar-refractivity contribution in [2.24, 2.45) is 0 Å². The molecule has 0 fully saturated rings. The van der Waals surface area contributed by atoms with Gasteiger partial charge in [0.25, 0.3) is 5.91 Å². The second-order valence-electron chi connectivity index (χ2n) is 4.09. The van der Waals surface area contributed by atoms with Crippen molar-refractivity contribution in [3.8, 4) is 0 Å². The first-order valence-corrected chi connectivity index (χ1v) is 5.67. The van der Waals surface area contributed by atoms with Crippen LogP contribution in [0.3, 0.4) is 0 Å². The van der Waals surface area contributed by atoms with Crippen LogP contribution in [0.1, 0.15) is 15.9 Å². The molecule has 0 unspecified atom stereocenters. The third kappa shape index (κ3) is 3.19. The largest absolute Gasteiger partial charge is 0.480 e. The number of carbonyl (C=O) groups is 2. The van der Waals surface area contributed by atoms with E-state index in [9.17, 15) is 9.59 Å². The predicted molar refractivity (Wildman–Crippen MR) is 69.0 cm³/mol. The molecule has 0 spiro atoms. The highest BCUT2D eigenvalue weighted by Gasteiger charge is 2.10. The Kier molecular flexibility index (Phi) is 3.61. The number of hydrogen-bond acceptors (Lipinski definition) is 3. The monoisotopic (exact) mass is 259 g/mol. The molecule has 6 nitrogen and oxygen atoms in total. The van der Waals surface area contributed by atoms with Crippen LogP contribution in [0.25, 0.3) is 0 Å². The Labute approximate surface area is 109 Å². The lowest BCUT2D eigenvalue weighted by molar-refractivity contribution is -0.137. The number of benzene rings is 1. The molecule has 0 bridgehead atoms. The molecule has 98 valence electrons. The molecule has 0 radical (unpaired) electrons. The van der Waals surface area contributed by atoms with Gasteiger partial charge in [0.1, 0.15) is 6.54 Å². The minimum absolute atomic E-state index is 0.236. The summed E-state index contributed by atoms with van der Waals surface area (Å²) in [6.45, 7) is 1.61. The molecule has 19 heavy (non-hydrogen) atoms. The smallest absolute Gasteiger partial charge is 0.325 e. The zero-order chi connectivity index (χ0) is 13.8. The number of anilines is 1. The van der Waals surface area contributed by atoms with Gasteiger partial charge in [-0.1, -0.05) is 18.2 Å². The molecule has 0 aliphatic carbocycles. The Morgan fingerprint density at radius 3 is 2.79 bits per heavy atom. The van der Waals surface area contributed by atoms with Gasteiger partial charge in [0.05, 0.1) is 11.9 Å². The first-order chi connectivity index (χ1) is 9.06. The quantitative estimate of drug-likeness (QED) is 0.872. The third-order valence-electron chi connectivity index (χ3n) is 2.58. The van der Waals surface area contributed by atoms with Gasteiger partial charge in [-0.05, 0) is 18.6 Å². The molecule has 2 N–H and O–H groups in total. The lowest BCUT2D eigenvalue weighted by atomic mass is 10.1. The highest BCUT2D eigenvalue weighted by Crippen LogP contribution is 2.11. The molecule has 0 saturated heterocycles. The SMILES string of the molecule is Cc1ccccc1C(=O)Nc1cnn(CC(=O)O)c1. The number of nitrogens with zero attached hydrogens (tertiary/aromatic N) is 2. The van der Waals surface area contributed by atoms with E-state index in [-0.39, 0.29) is 12.5 Å². The van der Waals surface area contributed by atoms with Crippen LogP contribution in [0, 0.1) is 6.92 Å². The summed E-state index contributed by atoms with van der Waals surface area (Å²) in [7, 11) is 0. The minimum atomic E-state index is -0.986. The first kappa shape index (κ1) is 12.8. The van der Waals surface area contributed by atoms with E-state index in [2.05, 4.69) is 10.4 Å². The molecule has 0 saturated carbocycles. The van der Waals surface area contributed by atoms with E-state index >= 15 is 0 Å². The lowest BCUT2D eigenvalue weighted by Crippen LogP contribution is -2.13. The second-order valence-corrected chi connectivity index (χ2v) is 4.09. The molecule has 1 aromatic heterocycles. The fraction of sp³-hybridized carbons (Fsp3) is 0.154. The molecule has 1 aromatic carbocycles. The topological polar surface area (TPSA) is 84.2 Å². The van der Waals surface area contributed by atoms with Gasteiger partial charge in [-0.25, -0.2) is 0 Å². The summed E-state index contributed by atoms with van der Waals surface area (Å²) >= 11 is 0. The molecule has 2 rings (SSSR count). The van der Waals surface area contributed by atoms with E-state index in [0.29, 0.717) is 11.3 Å². The van der Waals surface area contributed by atoms with Crippen molar-refractivity contribution >= 4 is 17.6 Å². The van der Waals surface area contributed by atoms with Gasteiger partial charge in [0.15, 0.2) is 0 Å². The number of carboxylic acids is 1. The second kappa shape index (κ2) is 5.34. The Hall–Kier alpha value is -2.63. The normalized spacial score (nSPS) is 10.2. The molecule has 6 heteroatoms. The summed E-state index contributed by atoms with van der Waals surface area (Å²) in [5.41, 5.74) is 1.92. The maximum Gasteiger partial charge on any atom is 0.325 e. The molecule has 1 amide bonds. The average molecular weight is 259 g/mol. The van der Waals surface area contributed by atoms with Crippen molar-refractivity contribution in [2.75, 3.05) is 5.32 Å². The number of rotatable bonds is 4. The van der Waals surface area contributed by atoms with Crippen LogP contribution in [0.2, 0.25) is 0 Å². The fourth-order valence-electron chi connectivity index (χ4n) is 1.68. The van der Waals surface area contributed by atoms with E-state index in [1.807, 2.05) is 19.1 Å².